The highest BCUT2D eigenvalue weighted by atomic mass is 19.1. The molecule has 0 aliphatic heterocycles. The lowest BCUT2D eigenvalue weighted by molar-refractivity contribution is 0.0604. The maximum atomic E-state index is 14.2. The molecule has 0 radical (unpaired) electrons. The summed E-state index contributed by atoms with van der Waals surface area (Å²) in [6.07, 6.45) is 1.57. The number of aromatic nitrogens is 1. The Kier molecular flexibility index (Phi) is 3.70. The number of benzene rings is 2. The number of hydrogen-bond donors (Lipinski definition) is 1. The van der Waals surface area contributed by atoms with E-state index in [1.54, 1.807) is 30.5 Å². The van der Waals surface area contributed by atoms with Gasteiger partial charge in [-0.1, -0.05) is 24.3 Å². The average Bonchev–Trinajstić information content (AvgIpc) is 2.54. The van der Waals surface area contributed by atoms with E-state index in [1.165, 1.54) is 13.2 Å². The highest BCUT2D eigenvalue weighted by molar-refractivity contribution is 6.08. The molecule has 0 bridgehead atoms. The van der Waals surface area contributed by atoms with E-state index in [0.29, 0.717) is 16.3 Å². The number of rotatable bonds is 2. The van der Waals surface area contributed by atoms with Crippen LogP contribution in [0.15, 0.2) is 42.6 Å². The summed E-state index contributed by atoms with van der Waals surface area (Å²) in [7, 11) is 1.29. The molecule has 23 heavy (non-hydrogen) atoms. The first-order chi connectivity index (χ1) is 11.0. The summed E-state index contributed by atoms with van der Waals surface area (Å²) in [6.45, 7) is 1.85. The summed E-state index contributed by atoms with van der Waals surface area (Å²) in [5, 5.41) is 1.32. The number of hydrogen-bond acceptors (Lipinski definition) is 4. The molecule has 2 aromatic carbocycles. The number of halogens is 1. The lowest BCUT2D eigenvalue weighted by Gasteiger charge is -2.11. The second-order valence-corrected chi connectivity index (χ2v) is 5.24. The molecule has 116 valence electrons. The zero-order chi connectivity index (χ0) is 16.6. The van der Waals surface area contributed by atoms with Crippen LogP contribution in [0.4, 0.5) is 10.2 Å². The van der Waals surface area contributed by atoms with E-state index in [0.717, 1.165) is 11.1 Å². The first-order valence-electron chi connectivity index (χ1n) is 7.05. The molecule has 0 atom stereocenters. The summed E-state index contributed by atoms with van der Waals surface area (Å²) >= 11 is 0. The fraction of sp³-hybridized carbons (Fsp3) is 0.111. The molecule has 0 amide bonds. The van der Waals surface area contributed by atoms with Gasteiger partial charge in [-0.25, -0.2) is 14.2 Å². The van der Waals surface area contributed by atoms with E-state index in [4.69, 9.17) is 10.5 Å². The van der Waals surface area contributed by atoms with E-state index in [1.807, 2.05) is 13.0 Å². The van der Waals surface area contributed by atoms with Gasteiger partial charge in [0.2, 0.25) is 0 Å². The molecule has 1 heterocycles. The molecular weight excluding hydrogens is 295 g/mol. The molecule has 0 fully saturated rings. The van der Waals surface area contributed by atoms with Crippen LogP contribution in [0.1, 0.15) is 15.9 Å². The molecule has 3 aromatic rings. The monoisotopic (exact) mass is 310 g/mol. The fourth-order valence-electron chi connectivity index (χ4n) is 2.71. The molecule has 2 N–H and O–H groups in total. The van der Waals surface area contributed by atoms with Crippen LogP contribution in [0.2, 0.25) is 0 Å². The van der Waals surface area contributed by atoms with Crippen molar-refractivity contribution in [1.82, 2.24) is 4.98 Å². The standard InChI is InChI=1S/C18H15FN2O2/c1-10-4-3-5-14(19)15(10)11-6-7-13-12(8-11)9-21-17(20)16(13)18(22)23-2/h3-9H,1-2H3,(H2,20,21). The third kappa shape index (κ3) is 2.50. The fourth-order valence-corrected chi connectivity index (χ4v) is 2.71. The van der Waals surface area contributed by atoms with E-state index in [9.17, 15) is 9.18 Å². The number of anilines is 1. The number of methoxy groups -OCH3 is 1. The van der Waals surface area contributed by atoms with Crippen molar-refractivity contribution in [1.29, 1.82) is 0 Å². The highest BCUT2D eigenvalue weighted by Crippen LogP contribution is 2.31. The number of fused-ring (bicyclic) bond motifs is 1. The second-order valence-electron chi connectivity index (χ2n) is 5.24. The van der Waals surface area contributed by atoms with Crippen molar-refractivity contribution in [3.63, 3.8) is 0 Å². The van der Waals surface area contributed by atoms with Crippen LogP contribution in [0, 0.1) is 12.7 Å². The van der Waals surface area contributed by atoms with Crippen LogP contribution in [-0.4, -0.2) is 18.1 Å². The number of nitrogens with two attached hydrogens (primary N) is 1. The first-order valence-corrected chi connectivity index (χ1v) is 7.05. The third-order valence-electron chi connectivity index (χ3n) is 3.82. The van der Waals surface area contributed by atoms with E-state index in [2.05, 4.69) is 4.98 Å². The molecule has 3 rings (SSSR count). The number of carbonyl (C=O) groups is 1. The van der Waals surface area contributed by atoms with Gasteiger partial charge in [0.25, 0.3) is 0 Å². The molecule has 0 saturated carbocycles. The van der Waals surface area contributed by atoms with Crippen molar-refractivity contribution in [2.75, 3.05) is 12.8 Å². The number of ether oxygens (including phenoxy) is 1. The number of esters is 1. The predicted molar refractivity (Wildman–Crippen MR) is 87.6 cm³/mol. The van der Waals surface area contributed by atoms with Gasteiger partial charge < -0.3 is 10.5 Å². The molecule has 5 heteroatoms. The van der Waals surface area contributed by atoms with E-state index in [-0.39, 0.29) is 17.2 Å². The van der Waals surface area contributed by atoms with Gasteiger partial charge in [0.1, 0.15) is 17.2 Å². The Morgan fingerprint density at radius 3 is 2.74 bits per heavy atom. The lowest BCUT2D eigenvalue weighted by atomic mass is 9.96. The number of nitrogen functional groups attached to an aromatic ring is 1. The Labute approximate surface area is 132 Å². The largest absolute Gasteiger partial charge is 0.465 e. The van der Waals surface area contributed by atoms with Crippen LogP contribution in [-0.2, 0) is 4.74 Å². The molecule has 0 aliphatic rings. The number of nitrogens with zero attached hydrogens (tertiary/aromatic N) is 1. The average molecular weight is 310 g/mol. The molecule has 0 aliphatic carbocycles. The van der Waals surface area contributed by atoms with Gasteiger partial charge in [-0.2, -0.15) is 0 Å². The highest BCUT2D eigenvalue weighted by Gasteiger charge is 2.17. The minimum absolute atomic E-state index is 0.110. The van der Waals surface area contributed by atoms with Gasteiger partial charge in [0, 0.05) is 22.5 Å². The quantitative estimate of drug-likeness (QED) is 0.733. The van der Waals surface area contributed by atoms with Crippen LogP contribution < -0.4 is 5.73 Å². The summed E-state index contributed by atoms with van der Waals surface area (Å²) in [6, 6.07) is 10.2. The van der Waals surface area contributed by atoms with E-state index >= 15 is 0 Å². The smallest absolute Gasteiger partial charge is 0.342 e. The van der Waals surface area contributed by atoms with Gasteiger partial charge in [-0.05, 0) is 30.2 Å². The summed E-state index contributed by atoms with van der Waals surface area (Å²) < 4.78 is 18.9. The van der Waals surface area contributed by atoms with Gasteiger partial charge >= 0.3 is 5.97 Å². The van der Waals surface area contributed by atoms with Gasteiger partial charge in [-0.3, -0.25) is 0 Å². The number of pyridine rings is 1. The Hall–Kier alpha value is -2.95. The minimum atomic E-state index is -0.546. The zero-order valence-electron chi connectivity index (χ0n) is 12.8. The SMILES string of the molecule is COC(=O)c1c(N)ncc2cc(-c3c(C)cccc3F)ccc12. The molecule has 0 unspecified atom stereocenters. The molecular formula is C18H15FN2O2. The van der Waals surface area contributed by atoms with E-state index < -0.39 is 5.97 Å². The predicted octanol–water partition coefficient (Wildman–Crippen LogP) is 3.72. The van der Waals surface area contributed by atoms with Gasteiger partial charge in [-0.15, -0.1) is 0 Å². The lowest BCUT2D eigenvalue weighted by Crippen LogP contribution is -2.08. The Morgan fingerprint density at radius 1 is 1.26 bits per heavy atom. The molecule has 0 spiro atoms. The maximum Gasteiger partial charge on any atom is 0.342 e. The molecule has 4 nitrogen and oxygen atoms in total. The second kappa shape index (κ2) is 5.68. The Morgan fingerprint density at radius 2 is 2.04 bits per heavy atom. The van der Waals surface area contributed by atoms with Crippen molar-refractivity contribution in [3.8, 4) is 11.1 Å². The summed E-state index contributed by atoms with van der Waals surface area (Å²) in [4.78, 5) is 15.9. The summed E-state index contributed by atoms with van der Waals surface area (Å²) in [5.41, 5.74) is 8.10. The normalized spacial score (nSPS) is 10.7. The van der Waals surface area contributed by atoms with Crippen molar-refractivity contribution in [2.45, 2.75) is 6.92 Å². The molecule has 0 saturated heterocycles. The topological polar surface area (TPSA) is 65.2 Å². The van der Waals surface area contributed by atoms with Crippen molar-refractivity contribution < 1.29 is 13.9 Å². The molecule has 1 aromatic heterocycles. The van der Waals surface area contributed by atoms with Crippen molar-refractivity contribution in [3.05, 3.63) is 59.5 Å². The minimum Gasteiger partial charge on any atom is -0.465 e. The summed E-state index contributed by atoms with van der Waals surface area (Å²) in [5.74, 6) is -0.726. The van der Waals surface area contributed by atoms with Crippen molar-refractivity contribution in [2.24, 2.45) is 0 Å². The van der Waals surface area contributed by atoms with Crippen LogP contribution in [0.25, 0.3) is 21.9 Å². The maximum absolute atomic E-state index is 14.2. The van der Waals surface area contributed by atoms with Crippen LogP contribution in [0.3, 0.4) is 0 Å². The third-order valence-corrected chi connectivity index (χ3v) is 3.82. The Balaban J connectivity index is 2.25. The zero-order valence-corrected chi connectivity index (χ0v) is 12.8. The van der Waals surface area contributed by atoms with Crippen molar-refractivity contribution >= 4 is 22.6 Å². The number of aryl methyl sites for hydroxylation is 1. The van der Waals surface area contributed by atoms with Crippen LogP contribution in [0.5, 0.6) is 0 Å². The van der Waals surface area contributed by atoms with Gasteiger partial charge in [0.15, 0.2) is 0 Å². The Bertz CT molecular complexity index is 902. The van der Waals surface area contributed by atoms with Crippen LogP contribution >= 0.6 is 0 Å². The van der Waals surface area contributed by atoms with Gasteiger partial charge in [0.05, 0.1) is 7.11 Å². The first kappa shape index (κ1) is 15.0. The number of carbonyl (C=O) groups excluding carboxylic acids is 1.